The summed E-state index contributed by atoms with van der Waals surface area (Å²) in [5, 5.41) is 3.03. The Labute approximate surface area is 54.3 Å². The summed E-state index contributed by atoms with van der Waals surface area (Å²) in [6.07, 6.45) is 1.11. The molecule has 0 radical (unpaired) electrons. The zero-order chi connectivity index (χ0) is 6.53. The smallest absolute Gasteiger partial charge is 0.215 e. The predicted molar refractivity (Wildman–Crippen MR) is 35.1 cm³/mol. The minimum absolute atomic E-state index is 0.740. The second kappa shape index (κ2) is 3.29. The van der Waals surface area contributed by atoms with E-state index in [9.17, 15) is 0 Å². The minimum atomic E-state index is 0.740. The standard InChI is InChI=1S/C5H11N3O/c1-9-8-5-6-3-2-4-7-5/h2-4H2,1H3,(H2,6,7,8). The molecule has 0 spiro atoms. The fraction of sp³-hybridized carbons (Fsp3) is 0.800. The van der Waals surface area contributed by atoms with Crippen LogP contribution in [-0.4, -0.2) is 26.2 Å². The molecular weight excluding hydrogens is 118 g/mol. The Kier molecular flexibility index (Phi) is 2.32. The molecule has 0 aromatic heterocycles. The maximum absolute atomic E-state index is 4.64. The topological polar surface area (TPSA) is 45.6 Å². The molecule has 9 heavy (non-hydrogen) atoms. The van der Waals surface area contributed by atoms with Crippen LogP contribution in [0.25, 0.3) is 0 Å². The van der Waals surface area contributed by atoms with Crippen molar-refractivity contribution in [2.45, 2.75) is 6.42 Å². The van der Waals surface area contributed by atoms with Gasteiger partial charge < -0.3 is 5.32 Å². The number of nitrogens with zero attached hydrogens (tertiary/aromatic N) is 1. The van der Waals surface area contributed by atoms with Crippen molar-refractivity contribution in [1.29, 1.82) is 0 Å². The SMILES string of the molecule is CONC1=NCCCN1. The Balaban J connectivity index is 2.28. The summed E-state index contributed by atoms with van der Waals surface area (Å²) in [6, 6.07) is 0. The van der Waals surface area contributed by atoms with Gasteiger partial charge in [-0.3, -0.25) is 9.83 Å². The van der Waals surface area contributed by atoms with Gasteiger partial charge in [-0.05, 0) is 6.42 Å². The molecule has 2 N–H and O–H groups in total. The first-order chi connectivity index (χ1) is 4.43. The molecule has 0 aromatic rings. The van der Waals surface area contributed by atoms with Crippen molar-refractivity contribution in [2.75, 3.05) is 20.2 Å². The van der Waals surface area contributed by atoms with E-state index in [1.165, 1.54) is 0 Å². The highest BCUT2D eigenvalue weighted by molar-refractivity contribution is 5.79. The number of hydroxylamine groups is 1. The highest BCUT2D eigenvalue weighted by atomic mass is 16.6. The molecule has 4 heteroatoms. The molecule has 0 unspecified atom stereocenters. The fourth-order valence-electron chi connectivity index (χ4n) is 0.698. The van der Waals surface area contributed by atoms with Crippen LogP contribution >= 0.6 is 0 Å². The molecule has 1 rings (SSSR count). The van der Waals surface area contributed by atoms with E-state index in [1.807, 2.05) is 0 Å². The van der Waals surface area contributed by atoms with Crippen LogP contribution in [0.3, 0.4) is 0 Å². The Bertz CT molecular complexity index is 113. The summed E-state index contributed by atoms with van der Waals surface area (Å²) in [6.45, 7) is 1.87. The maximum Gasteiger partial charge on any atom is 0.215 e. The summed E-state index contributed by atoms with van der Waals surface area (Å²) in [4.78, 5) is 8.73. The Morgan fingerprint density at radius 3 is 3.22 bits per heavy atom. The summed E-state index contributed by atoms with van der Waals surface area (Å²) in [5.41, 5.74) is 2.62. The van der Waals surface area contributed by atoms with E-state index < -0.39 is 0 Å². The molecular formula is C5H11N3O. The second-order valence-corrected chi connectivity index (χ2v) is 1.82. The summed E-state index contributed by atoms with van der Waals surface area (Å²) in [7, 11) is 1.57. The van der Waals surface area contributed by atoms with Gasteiger partial charge >= 0.3 is 0 Å². The van der Waals surface area contributed by atoms with Crippen LogP contribution in [0.1, 0.15) is 6.42 Å². The zero-order valence-corrected chi connectivity index (χ0v) is 5.48. The van der Waals surface area contributed by atoms with E-state index in [4.69, 9.17) is 0 Å². The van der Waals surface area contributed by atoms with E-state index in [-0.39, 0.29) is 0 Å². The van der Waals surface area contributed by atoms with Crippen LogP contribution in [-0.2, 0) is 4.84 Å². The predicted octanol–water partition coefficient (Wildman–Crippen LogP) is -0.513. The van der Waals surface area contributed by atoms with Crippen molar-refractivity contribution in [1.82, 2.24) is 10.8 Å². The lowest BCUT2D eigenvalue weighted by Crippen LogP contribution is -2.39. The van der Waals surface area contributed by atoms with Gasteiger partial charge in [0.25, 0.3) is 0 Å². The molecule has 0 saturated heterocycles. The Morgan fingerprint density at radius 2 is 2.67 bits per heavy atom. The fourth-order valence-corrected chi connectivity index (χ4v) is 0.698. The van der Waals surface area contributed by atoms with E-state index in [0.717, 1.165) is 25.5 Å². The summed E-state index contributed by atoms with van der Waals surface area (Å²) >= 11 is 0. The summed E-state index contributed by atoms with van der Waals surface area (Å²) in [5.74, 6) is 0.740. The Hall–Kier alpha value is -0.770. The van der Waals surface area contributed by atoms with Gasteiger partial charge in [0.2, 0.25) is 5.96 Å². The average Bonchev–Trinajstić information content (AvgIpc) is 1.91. The molecule has 1 aliphatic rings. The van der Waals surface area contributed by atoms with Crippen molar-refractivity contribution in [3.05, 3.63) is 0 Å². The van der Waals surface area contributed by atoms with Crippen LogP contribution in [0, 0.1) is 0 Å². The van der Waals surface area contributed by atoms with Crippen LogP contribution in [0.5, 0.6) is 0 Å². The van der Waals surface area contributed by atoms with Gasteiger partial charge in [-0.2, -0.15) is 0 Å². The van der Waals surface area contributed by atoms with Crippen LogP contribution in [0.15, 0.2) is 4.99 Å². The normalized spacial score (nSPS) is 18.1. The molecule has 1 heterocycles. The number of hydrogen-bond acceptors (Lipinski definition) is 4. The third-order valence-electron chi connectivity index (χ3n) is 1.10. The third kappa shape index (κ3) is 1.89. The molecule has 0 aromatic carbocycles. The van der Waals surface area contributed by atoms with Gasteiger partial charge in [-0.25, -0.2) is 5.48 Å². The van der Waals surface area contributed by atoms with Crippen molar-refractivity contribution >= 4 is 5.96 Å². The van der Waals surface area contributed by atoms with Crippen molar-refractivity contribution < 1.29 is 4.84 Å². The van der Waals surface area contributed by atoms with Gasteiger partial charge in [0.05, 0.1) is 7.11 Å². The molecule has 0 aliphatic carbocycles. The molecule has 0 saturated carbocycles. The molecule has 0 bridgehead atoms. The number of aliphatic imine (C=N–C) groups is 1. The molecule has 1 aliphatic heterocycles. The van der Waals surface area contributed by atoms with Crippen LogP contribution < -0.4 is 10.8 Å². The van der Waals surface area contributed by atoms with Crippen molar-refractivity contribution in [3.63, 3.8) is 0 Å². The third-order valence-corrected chi connectivity index (χ3v) is 1.10. The molecule has 4 nitrogen and oxygen atoms in total. The monoisotopic (exact) mass is 129 g/mol. The van der Waals surface area contributed by atoms with E-state index in [2.05, 4.69) is 20.6 Å². The second-order valence-electron chi connectivity index (χ2n) is 1.82. The quantitative estimate of drug-likeness (QED) is 0.468. The van der Waals surface area contributed by atoms with E-state index >= 15 is 0 Å². The summed E-state index contributed by atoms with van der Waals surface area (Å²) < 4.78 is 0. The largest absolute Gasteiger partial charge is 0.355 e. The Morgan fingerprint density at radius 1 is 1.78 bits per heavy atom. The van der Waals surface area contributed by atoms with Gasteiger partial charge in [0.1, 0.15) is 0 Å². The number of nitrogens with one attached hydrogen (secondary N) is 2. The van der Waals surface area contributed by atoms with Crippen LogP contribution in [0.2, 0.25) is 0 Å². The average molecular weight is 129 g/mol. The lowest BCUT2D eigenvalue weighted by molar-refractivity contribution is 0.140. The first kappa shape index (κ1) is 6.35. The zero-order valence-electron chi connectivity index (χ0n) is 5.48. The maximum atomic E-state index is 4.64. The van der Waals surface area contributed by atoms with Crippen molar-refractivity contribution in [3.8, 4) is 0 Å². The van der Waals surface area contributed by atoms with Crippen molar-refractivity contribution in [2.24, 2.45) is 4.99 Å². The van der Waals surface area contributed by atoms with Gasteiger partial charge in [-0.1, -0.05) is 0 Å². The molecule has 52 valence electrons. The molecule has 0 fully saturated rings. The lowest BCUT2D eigenvalue weighted by atomic mass is 10.4. The molecule has 0 atom stereocenters. The molecule has 0 amide bonds. The highest BCUT2D eigenvalue weighted by Crippen LogP contribution is 1.85. The first-order valence-electron chi connectivity index (χ1n) is 3.01. The van der Waals surface area contributed by atoms with Gasteiger partial charge in [0, 0.05) is 13.1 Å². The van der Waals surface area contributed by atoms with E-state index in [0.29, 0.717) is 0 Å². The van der Waals surface area contributed by atoms with Gasteiger partial charge in [0.15, 0.2) is 0 Å². The van der Waals surface area contributed by atoms with Crippen LogP contribution in [0.4, 0.5) is 0 Å². The number of hydrogen-bond donors (Lipinski definition) is 2. The lowest BCUT2D eigenvalue weighted by Gasteiger charge is -2.13. The highest BCUT2D eigenvalue weighted by Gasteiger charge is 2.00. The number of rotatable bonds is 1. The first-order valence-corrected chi connectivity index (χ1v) is 3.01. The van der Waals surface area contributed by atoms with E-state index in [1.54, 1.807) is 7.11 Å². The number of guanidine groups is 1. The minimum Gasteiger partial charge on any atom is -0.355 e. The van der Waals surface area contributed by atoms with Gasteiger partial charge in [-0.15, -0.1) is 0 Å².